The van der Waals surface area contributed by atoms with Crippen LogP contribution in [-0.2, 0) is 11.2 Å². The van der Waals surface area contributed by atoms with Crippen LogP contribution in [0.15, 0.2) is 22.7 Å². The van der Waals surface area contributed by atoms with Crippen molar-refractivity contribution >= 4 is 27.5 Å². The molecule has 1 aromatic rings. The maximum absolute atomic E-state index is 11.8. The predicted octanol–water partition coefficient (Wildman–Crippen LogP) is 2.44. The molecule has 0 atom stereocenters. The number of nitrogens with one attached hydrogen (secondary N) is 1. The minimum absolute atomic E-state index is 0.0653. The fraction of sp³-hybridized carbons (Fsp3) is 0.417. The fourth-order valence-corrected chi connectivity index (χ4v) is 1.99. The quantitative estimate of drug-likeness (QED) is 0.895. The molecule has 16 heavy (non-hydrogen) atoms. The first-order chi connectivity index (χ1) is 7.55. The summed E-state index contributed by atoms with van der Waals surface area (Å²) in [5.74, 6) is -0.0653. The SMILES string of the molecule is CCc1cc(Br)ccc1NC(=O)C1(N)CC1. The highest BCUT2D eigenvalue weighted by Crippen LogP contribution is 2.34. The second kappa shape index (κ2) is 4.18. The first kappa shape index (κ1) is 11.6. The lowest BCUT2D eigenvalue weighted by molar-refractivity contribution is -0.118. The highest BCUT2D eigenvalue weighted by atomic mass is 79.9. The van der Waals surface area contributed by atoms with Crippen molar-refractivity contribution in [2.75, 3.05) is 5.32 Å². The van der Waals surface area contributed by atoms with Crippen molar-refractivity contribution in [1.82, 2.24) is 0 Å². The summed E-state index contributed by atoms with van der Waals surface area (Å²) in [7, 11) is 0. The number of benzene rings is 1. The van der Waals surface area contributed by atoms with Gasteiger partial charge in [-0.05, 0) is 43.0 Å². The first-order valence-electron chi connectivity index (χ1n) is 5.44. The van der Waals surface area contributed by atoms with E-state index in [1.165, 1.54) is 0 Å². The number of anilines is 1. The smallest absolute Gasteiger partial charge is 0.244 e. The van der Waals surface area contributed by atoms with Gasteiger partial charge in [-0.1, -0.05) is 22.9 Å². The van der Waals surface area contributed by atoms with E-state index in [2.05, 4.69) is 28.2 Å². The normalized spacial score (nSPS) is 16.9. The lowest BCUT2D eigenvalue weighted by Crippen LogP contribution is -2.38. The van der Waals surface area contributed by atoms with Crippen LogP contribution in [0.1, 0.15) is 25.3 Å². The second-order valence-electron chi connectivity index (χ2n) is 4.27. The number of hydrogen-bond donors (Lipinski definition) is 2. The Hall–Kier alpha value is -0.870. The van der Waals surface area contributed by atoms with Gasteiger partial charge in [0.25, 0.3) is 0 Å². The van der Waals surface area contributed by atoms with Gasteiger partial charge in [-0.3, -0.25) is 4.79 Å². The molecule has 0 radical (unpaired) electrons. The third-order valence-electron chi connectivity index (χ3n) is 2.94. The van der Waals surface area contributed by atoms with Gasteiger partial charge in [0.15, 0.2) is 0 Å². The standard InChI is InChI=1S/C12H15BrN2O/c1-2-8-7-9(13)3-4-10(8)15-11(16)12(14)5-6-12/h3-4,7H,2,5-6,14H2,1H3,(H,15,16). The molecule has 1 amide bonds. The Morgan fingerprint density at radius 3 is 2.81 bits per heavy atom. The Morgan fingerprint density at radius 1 is 1.56 bits per heavy atom. The van der Waals surface area contributed by atoms with E-state index in [0.717, 1.165) is 35.0 Å². The summed E-state index contributed by atoms with van der Waals surface area (Å²) in [6.07, 6.45) is 2.46. The third kappa shape index (κ3) is 2.28. The van der Waals surface area contributed by atoms with Gasteiger partial charge in [-0.15, -0.1) is 0 Å². The van der Waals surface area contributed by atoms with Crippen molar-refractivity contribution in [3.63, 3.8) is 0 Å². The Kier molecular flexibility index (Phi) is 3.04. The van der Waals surface area contributed by atoms with Crippen molar-refractivity contribution in [2.45, 2.75) is 31.7 Å². The van der Waals surface area contributed by atoms with E-state index < -0.39 is 5.54 Å². The van der Waals surface area contributed by atoms with E-state index in [0.29, 0.717) is 0 Å². The van der Waals surface area contributed by atoms with Crippen molar-refractivity contribution in [1.29, 1.82) is 0 Å². The summed E-state index contributed by atoms with van der Waals surface area (Å²) in [5, 5.41) is 2.91. The van der Waals surface area contributed by atoms with E-state index in [-0.39, 0.29) is 5.91 Å². The summed E-state index contributed by atoms with van der Waals surface area (Å²) in [5.41, 5.74) is 7.21. The molecule has 86 valence electrons. The van der Waals surface area contributed by atoms with Crippen LogP contribution in [0.25, 0.3) is 0 Å². The molecule has 0 bridgehead atoms. The maximum atomic E-state index is 11.8. The number of amides is 1. The van der Waals surface area contributed by atoms with Gasteiger partial charge in [0.1, 0.15) is 0 Å². The number of nitrogens with two attached hydrogens (primary N) is 1. The molecule has 1 aliphatic carbocycles. The summed E-state index contributed by atoms with van der Waals surface area (Å²) in [6, 6.07) is 5.85. The van der Waals surface area contributed by atoms with Crippen LogP contribution in [0, 0.1) is 0 Å². The molecule has 0 saturated heterocycles. The Balaban J connectivity index is 2.17. The molecule has 0 aliphatic heterocycles. The summed E-state index contributed by atoms with van der Waals surface area (Å²) in [4.78, 5) is 11.8. The molecule has 1 saturated carbocycles. The van der Waals surface area contributed by atoms with Crippen LogP contribution in [0.3, 0.4) is 0 Å². The molecule has 0 spiro atoms. The van der Waals surface area contributed by atoms with E-state index >= 15 is 0 Å². The fourth-order valence-electron chi connectivity index (χ4n) is 1.59. The van der Waals surface area contributed by atoms with Crippen LogP contribution in [-0.4, -0.2) is 11.4 Å². The molecule has 0 aromatic heterocycles. The molecule has 3 nitrogen and oxygen atoms in total. The van der Waals surface area contributed by atoms with E-state index in [4.69, 9.17) is 5.73 Å². The second-order valence-corrected chi connectivity index (χ2v) is 5.18. The average molecular weight is 283 g/mol. The van der Waals surface area contributed by atoms with Crippen LogP contribution < -0.4 is 11.1 Å². The van der Waals surface area contributed by atoms with Gasteiger partial charge < -0.3 is 11.1 Å². The molecule has 0 heterocycles. The molecular formula is C12H15BrN2O. The van der Waals surface area contributed by atoms with Crippen molar-refractivity contribution < 1.29 is 4.79 Å². The zero-order valence-corrected chi connectivity index (χ0v) is 10.8. The number of aryl methyl sites for hydroxylation is 1. The number of rotatable bonds is 3. The number of carbonyl (C=O) groups is 1. The molecule has 4 heteroatoms. The van der Waals surface area contributed by atoms with Crippen molar-refractivity contribution in [3.8, 4) is 0 Å². The highest BCUT2D eigenvalue weighted by Gasteiger charge is 2.46. The van der Waals surface area contributed by atoms with Crippen LogP contribution in [0.5, 0.6) is 0 Å². The molecular weight excluding hydrogens is 268 g/mol. The minimum atomic E-state index is -0.613. The van der Waals surface area contributed by atoms with Gasteiger partial charge >= 0.3 is 0 Å². The zero-order chi connectivity index (χ0) is 11.8. The predicted molar refractivity (Wildman–Crippen MR) is 68.3 cm³/mol. The Bertz CT molecular complexity index is 427. The summed E-state index contributed by atoms with van der Waals surface area (Å²) >= 11 is 3.42. The summed E-state index contributed by atoms with van der Waals surface area (Å²) in [6.45, 7) is 2.06. The lowest BCUT2D eigenvalue weighted by atomic mass is 10.1. The number of carbonyl (C=O) groups excluding carboxylic acids is 1. The van der Waals surface area contributed by atoms with Gasteiger partial charge in [-0.2, -0.15) is 0 Å². The van der Waals surface area contributed by atoms with Crippen LogP contribution in [0.4, 0.5) is 5.69 Å². The Morgan fingerprint density at radius 2 is 2.25 bits per heavy atom. The van der Waals surface area contributed by atoms with E-state index in [1.54, 1.807) is 0 Å². The largest absolute Gasteiger partial charge is 0.324 e. The lowest BCUT2D eigenvalue weighted by Gasteiger charge is -2.13. The monoisotopic (exact) mass is 282 g/mol. The maximum Gasteiger partial charge on any atom is 0.244 e. The molecule has 1 aliphatic rings. The Labute approximate surface area is 104 Å². The van der Waals surface area contributed by atoms with Crippen molar-refractivity contribution in [2.24, 2.45) is 5.73 Å². The third-order valence-corrected chi connectivity index (χ3v) is 3.43. The first-order valence-corrected chi connectivity index (χ1v) is 6.23. The molecule has 2 rings (SSSR count). The molecule has 3 N–H and O–H groups in total. The topological polar surface area (TPSA) is 55.1 Å². The molecule has 1 fully saturated rings. The van der Waals surface area contributed by atoms with Crippen LogP contribution >= 0.6 is 15.9 Å². The minimum Gasteiger partial charge on any atom is -0.324 e. The van der Waals surface area contributed by atoms with Gasteiger partial charge in [0.2, 0.25) is 5.91 Å². The van der Waals surface area contributed by atoms with Gasteiger partial charge in [0.05, 0.1) is 5.54 Å². The molecule has 0 unspecified atom stereocenters. The number of halogens is 1. The summed E-state index contributed by atoms with van der Waals surface area (Å²) < 4.78 is 1.02. The van der Waals surface area contributed by atoms with Gasteiger partial charge in [0, 0.05) is 10.2 Å². The van der Waals surface area contributed by atoms with E-state index in [1.807, 2.05) is 18.2 Å². The molecule has 1 aromatic carbocycles. The zero-order valence-electron chi connectivity index (χ0n) is 9.22. The highest BCUT2D eigenvalue weighted by molar-refractivity contribution is 9.10. The van der Waals surface area contributed by atoms with Gasteiger partial charge in [-0.25, -0.2) is 0 Å². The van der Waals surface area contributed by atoms with Crippen LogP contribution in [0.2, 0.25) is 0 Å². The van der Waals surface area contributed by atoms with Crippen molar-refractivity contribution in [3.05, 3.63) is 28.2 Å². The average Bonchev–Trinajstić information content (AvgIpc) is 3.00. The number of hydrogen-bond acceptors (Lipinski definition) is 2. The van der Waals surface area contributed by atoms with E-state index in [9.17, 15) is 4.79 Å².